The Kier molecular flexibility index (Phi) is 5.20. The minimum Gasteiger partial charge on any atom is -0.481 e. The van der Waals surface area contributed by atoms with Gasteiger partial charge in [-0.3, -0.25) is 4.79 Å². The van der Waals surface area contributed by atoms with Crippen LogP contribution in [0, 0.1) is 13.8 Å². The van der Waals surface area contributed by atoms with Crippen molar-refractivity contribution in [3.05, 3.63) is 29.3 Å². The smallest absolute Gasteiger partial charge is 0.260 e. The van der Waals surface area contributed by atoms with Crippen LogP contribution in [0.25, 0.3) is 0 Å². The molecule has 0 spiro atoms. The number of aryl methyl sites for hydroxylation is 2. The SMILES string of the molecule is CC[C@H](C)NC(=O)[C@@H](C)Oc1ccc(C)c(C)c1. The van der Waals surface area contributed by atoms with Gasteiger partial charge in [-0.1, -0.05) is 13.0 Å². The van der Waals surface area contributed by atoms with E-state index in [9.17, 15) is 4.79 Å². The maximum absolute atomic E-state index is 11.8. The van der Waals surface area contributed by atoms with Crippen molar-refractivity contribution < 1.29 is 9.53 Å². The summed E-state index contributed by atoms with van der Waals surface area (Å²) in [6, 6.07) is 6.05. The van der Waals surface area contributed by atoms with Crippen molar-refractivity contribution in [2.24, 2.45) is 0 Å². The number of carbonyl (C=O) groups excluding carboxylic acids is 1. The van der Waals surface area contributed by atoms with E-state index in [1.807, 2.05) is 39.0 Å². The lowest BCUT2D eigenvalue weighted by molar-refractivity contribution is -0.127. The Morgan fingerprint density at radius 3 is 2.50 bits per heavy atom. The zero-order valence-corrected chi connectivity index (χ0v) is 11.9. The zero-order chi connectivity index (χ0) is 13.7. The van der Waals surface area contributed by atoms with E-state index in [1.165, 1.54) is 11.1 Å². The number of hydrogen-bond acceptors (Lipinski definition) is 2. The van der Waals surface area contributed by atoms with Crippen molar-refractivity contribution >= 4 is 5.91 Å². The van der Waals surface area contributed by atoms with Crippen molar-refractivity contribution in [3.8, 4) is 5.75 Å². The molecule has 3 nitrogen and oxygen atoms in total. The second-order valence-electron chi connectivity index (χ2n) is 4.82. The number of nitrogens with one attached hydrogen (secondary N) is 1. The standard InChI is InChI=1S/C15H23NO2/c1-6-12(4)16-15(17)13(5)18-14-8-7-10(2)11(3)9-14/h7-9,12-13H,6H2,1-5H3,(H,16,17)/t12-,13+/m0/s1. The first kappa shape index (κ1) is 14.6. The van der Waals surface area contributed by atoms with E-state index in [0.717, 1.165) is 12.2 Å². The molecule has 0 aliphatic heterocycles. The number of carbonyl (C=O) groups is 1. The fraction of sp³-hybridized carbons (Fsp3) is 0.533. The Bertz CT molecular complexity index is 415. The summed E-state index contributed by atoms with van der Waals surface area (Å²) in [6.45, 7) is 9.89. The van der Waals surface area contributed by atoms with Gasteiger partial charge in [-0.05, 0) is 57.4 Å². The Morgan fingerprint density at radius 1 is 1.28 bits per heavy atom. The molecule has 1 aromatic rings. The van der Waals surface area contributed by atoms with E-state index in [2.05, 4.69) is 12.2 Å². The molecule has 1 aromatic carbocycles. The second kappa shape index (κ2) is 6.43. The highest BCUT2D eigenvalue weighted by Crippen LogP contribution is 2.17. The molecule has 100 valence electrons. The molecule has 0 unspecified atom stereocenters. The highest BCUT2D eigenvalue weighted by molar-refractivity contribution is 5.80. The van der Waals surface area contributed by atoms with Crippen LogP contribution in [0.3, 0.4) is 0 Å². The van der Waals surface area contributed by atoms with Crippen LogP contribution in [0.2, 0.25) is 0 Å². The van der Waals surface area contributed by atoms with Crippen molar-refractivity contribution in [1.29, 1.82) is 0 Å². The minimum atomic E-state index is -0.471. The van der Waals surface area contributed by atoms with Crippen LogP contribution in [0.15, 0.2) is 18.2 Å². The summed E-state index contributed by atoms with van der Waals surface area (Å²) >= 11 is 0. The average Bonchev–Trinajstić information content (AvgIpc) is 2.33. The first-order chi connectivity index (χ1) is 8.43. The van der Waals surface area contributed by atoms with E-state index in [0.29, 0.717) is 0 Å². The van der Waals surface area contributed by atoms with Crippen LogP contribution in [0.1, 0.15) is 38.3 Å². The summed E-state index contributed by atoms with van der Waals surface area (Å²) in [6.07, 6.45) is 0.448. The number of ether oxygens (including phenoxy) is 1. The van der Waals surface area contributed by atoms with Crippen molar-refractivity contribution in [2.45, 2.75) is 53.2 Å². The fourth-order valence-corrected chi connectivity index (χ4v) is 1.51. The van der Waals surface area contributed by atoms with Crippen LogP contribution in [-0.2, 0) is 4.79 Å². The monoisotopic (exact) mass is 249 g/mol. The molecular formula is C15H23NO2. The van der Waals surface area contributed by atoms with Gasteiger partial charge in [0, 0.05) is 6.04 Å². The predicted octanol–water partition coefficient (Wildman–Crippen LogP) is 2.99. The van der Waals surface area contributed by atoms with Crippen LogP contribution >= 0.6 is 0 Å². The molecule has 0 bridgehead atoms. The first-order valence-electron chi connectivity index (χ1n) is 6.48. The lowest BCUT2D eigenvalue weighted by Crippen LogP contribution is -2.40. The van der Waals surface area contributed by atoms with Gasteiger partial charge in [0.1, 0.15) is 5.75 Å². The number of benzene rings is 1. The maximum atomic E-state index is 11.8. The van der Waals surface area contributed by atoms with Gasteiger partial charge in [-0.2, -0.15) is 0 Å². The van der Waals surface area contributed by atoms with Gasteiger partial charge in [0.2, 0.25) is 0 Å². The first-order valence-corrected chi connectivity index (χ1v) is 6.48. The molecule has 0 saturated carbocycles. The van der Waals surface area contributed by atoms with Gasteiger partial charge in [0.05, 0.1) is 0 Å². The molecule has 18 heavy (non-hydrogen) atoms. The maximum Gasteiger partial charge on any atom is 0.260 e. The molecule has 0 radical (unpaired) electrons. The third-order valence-electron chi connectivity index (χ3n) is 3.16. The van der Waals surface area contributed by atoms with Gasteiger partial charge in [-0.25, -0.2) is 0 Å². The zero-order valence-electron chi connectivity index (χ0n) is 11.9. The third-order valence-corrected chi connectivity index (χ3v) is 3.16. The lowest BCUT2D eigenvalue weighted by Gasteiger charge is -2.18. The number of amides is 1. The average molecular weight is 249 g/mol. The van der Waals surface area contributed by atoms with E-state index < -0.39 is 6.10 Å². The Balaban J connectivity index is 2.60. The van der Waals surface area contributed by atoms with Gasteiger partial charge in [0.15, 0.2) is 6.10 Å². The normalized spacial score (nSPS) is 13.8. The highest BCUT2D eigenvalue weighted by Gasteiger charge is 2.16. The molecule has 0 heterocycles. The Labute approximate surface area is 110 Å². The molecule has 1 amide bonds. The van der Waals surface area contributed by atoms with Gasteiger partial charge in [0.25, 0.3) is 5.91 Å². The van der Waals surface area contributed by atoms with E-state index in [-0.39, 0.29) is 11.9 Å². The van der Waals surface area contributed by atoms with E-state index in [1.54, 1.807) is 6.92 Å². The van der Waals surface area contributed by atoms with Gasteiger partial charge < -0.3 is 10.1 Å². The topological polar surface area (TPSA) is 38.3 Å². The third kappa shape index (κ3) is 4.06. The second-order valence-corrected chi connectivity index (χ2v) is 4.82. The Morgan fingerprint density at radius 2 is 1.94 bits per heavy atom. The Hall–Kier alpha value is -1.51. The van der Waals surface area contributed by atoms with Gasteiger partial charge >= 0.3 is 0 Å². The van der Waals surface area contributed by atoms with Gasteiger partial charge in [-0.15, -0.1) is 0 Å². The molecule has 0 saturated heterocycles. The highest BCUT2D eigenvalue weighted by atomic mass is 16.5. The van der Waals surface area contributed by atoms with Crippen LogP contribution in [-0.4, -0.2) is 18.1 Å². The summed E-state index contributed by atoms with van der Waals surface area (Å²) in [5, 5.41) is 2.91. The number of hydrogen-bond donors (Lipinski definition) is 1. The summed E-state index contributed by atoms with van der Waals surface area (Å²) < 4.78 is 5.65. The van der Waals surface area contributed by atoms with Crippen molar-refractivity contribution in [1.82, 2.24) is 5.32 Å². The molecule has 0 aliphatic carbocycles. The summed E-state index contributed by atoms with van der Waals surface area (Å²) in [7, 11) is 0. The van der Waals surface area contributed by atoms with Crippen LogP contribution in [0.4, 0.5) is 0 Å². The van der Waals surface area contributed by atoms with Crippen molar-refractivity contribution in [2.75, 3.05) is 0 Å². The summed E-state index contributed by atoms with van der Waals surface area (Å²) in [4.78, 5) is 11.8. The molecule has 2 atom stereocenters. The quantitative estimate of drug-likeness (QED) is 0.871. The molecule has 0 aromatic heterocycles. The van der Waals surface area contributed by atoms with Crippen molar-refractivity contribution in [3.63, 3.8) is 0 Å². The minimum absolute atomic E-state index is 0.0671. The predicted molar refractivity (Wildman–Crippen MR) is 73.9 cm³/mol. The van der Waals surface area contributed by atoms with Crippen LogP contribution < -0.4 is 10.1 Å². The number of rotatable bonds is 5. The largest absolute Gasteiger partial charge is 0.481 e. The molecule has 1 rings (SSSR count). The molecule has 0 fully saturated rings. The lowest BCUT2D eigenvalue weighted by atomic mass is 10.1. The molecular weight excluding hydrogens is 226 g/mol. The summed E-state index contributed by atoms with van der Waals surface area (Å²) in [5.74, 6) is 0.674. The molecule has 1 N–H and O–H groups in total. The summed E-state index contributed by atoms with van der Waals surface area (Å²) in [5.41, 5.74) is 2.39. The fourth-order valence-electron chi connectivity index (χ4n) is 1.51. The van der Waals surface area contributed by atoms with Crippen LogP contribution in [0.5, 0.6) is 5.75 Å². The van der Waals surface area contributed by atoms with E-state index in [4.69, 9.17) is 4.74 Å². The molecule has 3 heteroatoms. The molecule has 0 aliphatic rings. The van der Waals surface area contributed by atoms with E-state index >= 15 is 0 Å².